The first kappa shape index (κ1) is 25.8. The van der Waals surface area contributed by atoms with Crippen molar-refractivity contribution in [2.75, 3.05) is 0 Å². The highest BCUT2D eigenvalue weighted by Crippen LogP contribution is 2.53. The zero-order valence-electron chi connectivity index (χ0n) is 25.7. The van der Waals surface area contributed by atoms with Gasteiger partial charge in [0.1, 0.15) is 0 Å². The summed E-state index contributed by atoms with van der Waals surface area (Å²) in [5.41, 5.74) is 10.5. The second-order valence-corrected chi connectivity index (χ2v) is 13.9. The molecule has 1 aliphatic carbocycles. The number of nitrogens with zero attached hydrogens (tertiary/aromatic N) is 3. The number of rotatable bonds is 0. The molecule has 5 aromatic rings. The van der Waals surface area contributed by atoms with Gasteiger partial charge in [0.2, 0.25) is 0 Å². The van der Waals surface area contributed by atoms with E-state index in [1.54, 1.807) is 0 Å². The van der Waals surface area contributed by atoms with E-state index in [4.69, 9.17) is 15.0 Å². The normalized spacial score (nSPS) is 30.4. The second-order valence-electron chi connectivity index (χ2n) is 13.9. The molecule has 16 bridgehead atoms. The minimum atomic E-state index is -0.587. The summed E-state index contributed by atoms with van der Waals surface area (Å²) in [6.45, 7) is 9.44. The molecule has 214 valence electrons. The Morgan fingerprint density at radius 3 is 1.34 bits per heavy atom. The first-order chi connectivity index (χ1) is 21.3. The van der Waals surface area contributed by atoms with Crippen molar-refractivity contribution >= 4 is 0 Å². The van der Waals surface area contributed by atoms with Gasteiger partial charge >= 0.3 is 0 Å². The molecule has 3 aromatic heterocycles. The fourth-order valence-corrected chi connectivity index (χ4v) is 8.64. The SMILES string of the molecule is CC12C3=CC=CC(C3)C3(C)c4cccc(c4)C(C)(c4cccc1n4)c1cccc(n1)C(C)(c1cccc3c1)c1cccc2n1. The minimum absolute atomic E-state index is 0.231. The molecule has 44 heavy (non-hydrogen) atoms. The van der Waals surface area contributed by atoms with Crippen LogP contribution in [0.4, 0.5) is 0 Å². The summed E-state index contributed by atoms with van der Waals surface area (Å²) < 4.78 is 0. The molecule has 3 heteroatoms. The zero-order chi connectivity index (χ0) is 29.9. The molecule has 3 unspecified atom stereocenters. The molecule has 0 amide bonds. The van der Waals surface area contributed by atoms with Crippen LogP contribution in [0, 0.1) is 5.92 Å². The lowest BCUT2D eigenvalue weighted by Gasteiger charge is -2.45. The van der Waals surface area contributed by atoms with Crippen molar-refractivity contribution in [3.63, 3.8) is 0 Å². The van der Waals surface area contributed by atoms with E-state index in [0.29, 0.717) is 0 Å². The summed E-state index contributed by atoms with van der Waals surface area (Å²) in [6, 6.07) is 38.3. The van der Waals surface area contributed by atoms with Crippen LogP contribution in [0.25, 0.3) is 0 Å². The Morgan fingerprint density at radius 2 is 0.886 bits per heavy atom. The third kappa shape index (κ3) is 3.05. The van der Waals surface area contributed by atoms with E-state index in [-0.39, 0.29) is 11.3 Å². The average Bonchev–Trinajstić information content (AvgIpc) is 3.09. The van der Waals surface area contributed by atoms with Crippen LogP contribution in [-0.4, -0.2) is 15.0 Å². The summed E-state index contributed by atoms with van der Waals surface area (Å²) in [6.07, 6.45) is 7.96. The molecule has 0 radical (unpaired) electrons. The second kappa shape index (κ2) is 8.51. The first-order valence-electron chi connectivity index (χ1n) is 15.8. The zero-order valence-corrected chi connectivity index (χ0v) is 25.7. The maximum Gasteiger partial charge on any atom is 0.0768 e. The molecule has 0 fully saturated rings. The van der Waals surface area contributed by atoms with Gasteiger partial charge in [-0.05, 0) is 91.8 Å². The monoisotopic (exact) mass is 569 g/mol. The Bertz CT molecular complexity index is 1970. The number of hydrogen-bond acceptors (Lipinski definition) is 3. The molecule has 3 atom stereocenters. The lowest BCUT2D eigenvalue weighted by Crippen LogP contribution is -2.41. The van der Waals surface area contributed by atoms with Gasteiger partial charge in [-0.3, -0.25) is 15.0 Å². The van der Waals surface area contributed by atoms with Crippen LogP contribution in [0.5, 0.6) is 0 Å². The summed E-state index contributed by atoms with van der Waals surface area (Å²) >= 11 is 0. The predicted octanol–water partition coefficient (Wildman–Crippen LogP) is 8.34. The van der Waals surface area contributed by atoms with E-state index in [0.717, 1.165) is 40.6 Å². The van der Waals surface area contributed by atoms with Crippen LogP contribution < -0.4 is 0 Å². The van der Waals surface area contributed by atoms with Crippen molar-refractivity contribution in [1.29, 1.82) is 0 Å². The molecule has 0 N–H and O–H groups in total. The Hall–Kier alpha value is -4.63. The highest BCUT2D eigenvalue weighted by molar-refractivity contribution is 5.57. The van der Waals surface area contributed by atoms with Crippen molar-refractivity contribution in [2.45, 2.75) is 55.8 Å². The highest BCUT2D eigenvalue weighted by Gasteiger charge is 2.48. The van der Waals surface area contributed by atoms with Crippen LogP contribution >= 0.6 is 0 Å². The van der Waals surface area contributed by atoms with Crippen LogP contribution in [0.3, 0.4) is 0 Å². The first-order valence-corrected chi connectivity index (χ1v) is 15.8. The summed E-state index contributed by atoms with van der Waals surface area (Å²) in [5, 5.41) is 0. The molecule has 3 nitrogen and oxygen atoms in total. The van der Waals surface area contributed by atoms with Crippen molar-refractivity contribution in [1.82, 2.24) is 15.0 Å². The Kier molecular flexibility index (Phi) is 4.99. The Morgan fingerprint density at radius 1 is 0.500 bits per heavy atom. The van der Waals surface area contributed by atoms with Gasteiger partial charge in [-0.2, -0.15) is 0 Å². The summed E-state index contributed by atoms with van der Waals surface area (Å²) in [7, 11) is 0. The van der Waals surface area contributed by atoms with Crippen molar-refractivity contribution in [3.8, 4) is 0 Å². The molecule has 7 heterocycles. The summed E-state index contributed by atoms with van der Waals surface area (Å²) in [5.74, 6) is 0.231. The van der Waals surface area contributed by atoms with E-state index in [1.165, 1.54) is 27.8 Å². The molecular weight excluding hydrogens is 534 g/mol. The van der Waals surface area contributed by atoms with Gasteiger partial charge in [-0.15, -0.1) is 0 Å². The molecule has 2 aromatic carbocycles. The number of pyridine rings is 3. The lowest BCUT2D eigenvalue weighted by atomic mass is 9.59. The van der Waals surface area contributed by atoms with Crippen LogP contribution in [0.15, 0.2) is 127 Å². The predicted molar refractivity (Wildman–Crippen MR) is 175 cm³/mol. The third-order valence-electron chi connectivity index (χ3n) is 11.9. The van der Waals surface area contributed by atoms with E-state index < -0.39 is 16.2 Å². The quantitative estimate of drug-likeness (QED) is 0.188. The fraction of sp³-hybridized carbons (Fsp3) is 0.244. The van der Waals surface area contributed by atoms with E-state index >= 15 is 0 Å². The maximum absolute atomic E-state index is 5.60. The lowest BCUT2D eigenvalue weighted by molar-refractivity contribution is 0.387. The number of allylic oxidation sites excluding steroid dienone is 4. The number of hydrogen-bond donors (Lipinski definition) is 0. The highest BCUT2D eigenvalue weighted by atomic mass is 14.9. The number of aromatic nitrogens is 3. The van der Waals surface area contributed by atoms with Crippen molar-refractivity contribution in [3.05, 3.63) is 183 Å². The molecule has 0 spiro atoms. The van der Waals surface area contributed by atoms with Gasteiger partial charge in [0, 0.05) is 5.41 Å². The molecule has 10 rings (SSSR count). The Balaban J connectivity index is 1.59. The van der Waals surface area contributed by atoms with E-state index in [9.17, 15) is 0 Å². The van der Waals surface area contributed by atoms with Gasteiger partial charge < -0.3 is 0 Å². The maximum atomic E-state index is 5.60. The van der Waals surface area contributed by atoms with Gasteiger partial charge in [0.25, 0.3) is 0 Å². The third-order valence-corrected chi connectivity index (χ3v) is 11.9. The smallest absolute Gasteiger partial charge is 0.0768 e. The van der Waals surface area contributed by atoms with Gasteiger partial charge in [-0.1, -0.05) is 97.5 Å². The minimum Gasteiger partial charge on any atom is -0.255 e. The molecule has 0 saturated heterocycles. The van der Waals surface area contributed by atoms with E-state index in [1.807, 2.05) is 0 Å². The topological polar surface area (TPSA) is 38.7 Å². The van der Waals surface area contributed by atoms with Crippen molar-refractivity contribution in [2.24, 2.45) is 5.92 Å². The van der Waals surface area contributed by atoms with Crippen molar-refractivity contribution < 1.29 is 0 Å². The number of benzene rings is 2. The molecule has 5 aliphatic rings. The Labute approximate surface area is 259 Å². The van der Waals surface area contributed by atoms with Crippen LogP contribution in [0.1, 0.15) is 90.5 Å². The molecule has 4 aliphatic heterocycles. The standard InChI is InChI=1S/C41H35N3/c1-38-26-11-5-14-29(23-26)39(2)32-17-8-19-34(42-32)40(3,30-15-6-12-27(38)24-30)36-21-10-22-37(44-36)41(4,31-16-7-13-28(38)25-31)35-20-9-18-33(39)43-35/h5-24,28H,25H2,1-4H3. The van der Waals surface area contributed by atoms with Crippen LogP contribution in [-0.2, 0) is 21.7 Å². The molecular formula is C41H35N3. The van der Waals surface area contributed by atoms with Gasteiger partial charge in [0.05, 0.1) is 50.4 Å². The summed E-state index contributed by atoms with van der Waals surface area (Å²) in [4.78, 5) is 16.8. The van der Waals surface area contributed by atoms with Crippen LogP contribution in [0.2, 0.25) is 0 Å². The molecule has 0 saturated carbocycles. The van der Waals surface area contributed by atoms with E-state index in [2.05, 4.69) is 149 Å². The van der Waals surface area contributed by atoms with Gasteiger partial charge in [-0.25, -0.2) is 0 Å². The van der Waals surface area contributed by atoms with Gasteiger partial charge in [0.15, 0.2) is 0 Å². The fourth-order valence-electron chi connectivity index (χ4n) is 8.64. The largest absolute Gasteiger partial charge is 0.255 e. The average molecular weight is 570 g/mol.